The molecular weight excluding hydrogens is 256 g/mol. The van der Waals surface area contributed by atoms with E-state index in [2.05, 4.69) is 48.6 Å². The first-order valence-electron chi connectivity index (χ1n) is 8.42. The lowest BCUT2D eigenvalue weighted by Gasteiger charge is -2.60. The zero-order chi connectivity index (χ0) is 14.4. The van der Waals surface area contributed by atoms with Gasteiger partial charge in [0.25, 0.3) is 0 Å². The Labute approximate surface area is 127 Å². The van der Waals surface area contributed by atoms with Crippen molar-refractivity contribution >= 4 is 0 Å². The predicted molar refractivity (Wildman–Crippen MR) is 83.4 cm³/mol. The van der Waals surface area contributed by atoms with Crippen molar-refractivity contribution in [3.63, 3.8) is 0 Å². The molecule has 4 bridgehead atoms. The number of benzene rings is 1. The Morgan fingerprint density at radius 1 is 1.14 bits per heavy atom. The highest BCUT2D eigenvalue weighted by Gasteiger charge is 2.57. The monoisotopic (exact) mass is 280 g/mol. The Morgan fingerprint density at radius 2 is 1.81 bits per heavy atom. The van der Waals surface area contributed by atoms with Crippen LogP contribution in [0.3, 0.4) is 0 Å². The number of nitriles is 1. The van der Waals surface area contributed by atoms with Gasteiger partial charge in [0, 0.05) is 11.6 Å². The minimum absolute atomic E-state index is 0.0821. The van der Waals surface area contributed by atoms with Crippen LogP contribution >= 0.6 is 0 Å². The highest BCUT2D eigenvalue weighted by Crippen LogP contribution is 2.58. The van der Waals surface area contributed by atoms with E-state index in [4.69, 9.17) is 0 Å². The van der Waals surface area contributed by atoms with Gasteiger partial charge in [0.1, 0.15) is 0 Å². The molecule has 0 spiro atoms. The third kappa shape index (κ3) is 2.10. The van der Waals surface area contributed by atoms with E-state index in [0.717, 1.165) is 11.8 Å². The van der Waals surface area contributed by atoms with Gasteiger partial charge in [0.15, 0.2) is 0 Å². The number of nitrogens with zero attached hydrogens (tertiary/aromatic N) is 1. The van der Waals surface area contributed by atoms with Crippen LogP contribution in [0, 0.1) is 35.0 Å². The van der Waals surface area contributed by atoms with Gasteiger partial charge in [-0.2, -0.15) is 5.26 Å². The molecule has 0 radical (unpaired) electrons. The fourth-order valence-electron chi connectivity index (χ4n) is 5.73. The molecule has 4 aliphatic rings. The molecule has 4 saturated carbocycles. The Kier molecular flexibility index (Phi) is 3.08. The van der Waals surface area contributed by atoms with Crippen molar-refractivity contribution in [2.24, 2.45) is 23.7 Å². The van der Waals surface area contributed by atoms with Crippen molar-refractivity contribution in [1.29, 1.82) is 5.26 Å². The van der Waals surface area contributed by atoms with Crippen LogP contribution < -0.4 is 5.32 Å². The second-order valence-corrected chi connectivity index (χ2v) is 7.65. The van der Waals surface area contributed by atoms with Crippen LogP contribution in [0.25, 0.3) is 0 Å². The van der Waals surface area contributed by atoms with Crippen LogP contribution in [0.1, 0.15) is 50.6 Å². The van der Waals surface area contributed by atoms with Gasteiger partial charge in [-0.3, -0.25) is 0 Å². The molecule has 2 heteroatoms. The van der Waals surface area contributed by atoms with Gasteiger partial charge < -0.3 is 5.32 Å². The number of nitrogens with one attached hydrogen (secondary N) is 1. The second-order valence-electron chi connectivity index (χ2n) is 7.65. The molecule has 2 nitrogen and oxygen atoms in total. The van der Waals surface area contributed by atoms with E-state index >= 15 is 0 Å². The summed E-state index contributed by atoms with van der Waals surface area (Å²) in [6.45, 7) is 2.25. The molecular formula is C19H24N2. The molecule has 5 rings (SSSR count). The van der Waals surface area contributed by atoms with Crippen molar-refractivity contribution in [2.75, 3.05) is 0 Å². The zero-order valence-corrected chi connectivity index (χ0v) is 12.8. The first kappa shape index (κ1) is 13.3. The predicted octanol–water partition coefficient (Wildman–Crippen LogP) is 4.06. The van der Waals surface area contributed by atoms with Crippen molar-refractivity contribution in [3.05, 3.63) is 35.9 Å². The van der Waals surface area contributed by atoms with Crippen LogP contribution in [0.4, 0.5) is 0 Å². The molecule has 21 heavy (non-hydrogen) atoms. The van der Waals surface area contributed by atoms with Crippen molar-refractivity contribution in [1.82, 2.24) is 5.32 Å². The van der Waals surface area contributed by atoms with E-state index < -0.39 is 0 Å². The van der Waals surface area contributed by atoms with Crippen LogP contribution in [0.15, 0.2) is 30.3 Å². The molecule has 1 aromatic carbocycles. The Hall–Kier alpha value is -1.33. The molecule has 4 unspecified atom stereocenters. The summed E-state index contributed by atoms with van der Waals surface area (Å²) in [5.41, 5.74) is 1.42. The Morgan fingerprint density at radius 3 is 2.43 bits per heavy atom. The zero-order valence-electron chi connectivity index (χ0n) is 12.8. The van der Waals surface area contributed by atoms with E-state index in [0.29, 0.717) is 12.0 Å². The molecule has 1 aromatic rings. The lowest BCUT2D eigenvalue weighted by Crippen LogP contribution is -2.64. The molecule has 0 saturated heterocycles. The lowest BCUT2D eigenvalue weighted by atomic mass is 9.48. The largest absolute Gasteiger partial charge is 0.303 e. The first-order chi connectivity index (χ1) is 10.2. The van der Waals surface area contributed by atoms with Gasteiger partial charge in [-0.05, 0) is 62.3 Å². The third-order valence-electron chi connectivity index (χ3n) is 6.25. The topological polar surface area (TPSA) is 35.8 Å². The molecule has 0 aliphatic heterocycles. The maximum absolute atomic E-state index is 9.76. The van der Waals surface area contributed by atoms with Crippen LogP contribution in [0.5, 0.6) is 0 Å². The van der Waals surface area contributed by atoms with E-state index in [1.54, 1.807) is 0 Å². The summed E-state index contributed by atoms with van der Waals surface area (Å²) in [5, 5.41) is 13.7. The van der Waals surface area contributed by atoms with Crippen LogP contribution in [-0.2, 0) is 0 Å². The maximum Gasteiger partial charge on any atom is 0.0678 e. The summed E-state index contributed by atoms with van der Waals surface area (Å²) in [4.78, 5) is 0. The maximum atomic E-state index is 9.76. The molecule has 4 aliphatic carbocycles. The van der Waals surface area contributed by atoms with E-state index in [9.17, 15) is 5.26 Å². The molecule has 0 amide bonds. The molecule has 110 valence electrons. The van der Waals surface area contributed by atoms with Gasteiger partial charge in [-0.25, -0.2) is 0 Å². The summed E-state index contributed by atoms with van der Waals surface area (Å²) < 4.78 is 0. The van der Waals surface area contributed by atoms with E-state index in [-0.39, 0.29) is 11.5 Å². The Bertz CT molecular complexity index is 545. The molecule has 0 aromatic heterocycles. The number of rotatable bonds is 3. The minimum atomic E-state index is 0.0821. The van der Waals surface area contributed by atoms with E-state index in [1.165, 1.54) is 37.7 Å². The normalized spacial score (nSPS) is 41.7. The fraction of sp³-hybridized carbons (Fsp3) is 0.632. The van der Waals surface area contributed by atoms with Gasteiger partial charge in [-0.1, -0.05) is 30.3 Å². The van der Waals surface area contributed by atoms with Gasteiger partial charge in [-0.15, -0.1) is 0 Å². The van der Waals surface area contributed by atoms with Crippen molar-refractivity contribution in [2.45, 2.75) is 50.6 Å². The Balaban J connectivity index is 1.62. The summed E-state index contributed by atoms with van der Waals surface area (Å²) >= 11 is 0. The smallest absolute Gasteiger partial charge is 0.0678 e. The summed E-state index contributed by atoms with van der Waals surface area (Å²) in [6, 6.07) is 13.7. The molecule has 1 N–H and O–H groups in total. The summed E-state index contributed by atoms with van der Waals surface area (Å²) in [6.07, 6.45) is 6.46. The number of hydrogen-bond acceptors (Lipinski definition) is 2. The van der Waals surface area contributed by atoms with E-state index in [1.807, 2.05) is 0 Å². The highest BCUT2D eigenvalue weighted by atomic mass is 15.0. The average Bonchev–Trinajstić information content (AvgIpc) is 2.47. The van der Waals surface area contributed by atoms with Gasteiger partial charge in [0.2, 0.25) is 0 Å². The molecule has 4 atom stereocenters. The summed E-state index contributed by atoms with van der Waals surface area (Å²) in [7, 11) is 0. The van der Waals surface area contributed by atoms with Gasteiger partial charge >= 0.3 is 0 Å². The van der Waals surface area contributed by atoms with Crippen molar-refractivity contribution < 1.29 is 0 Å². The summed E-state index contributed by atoms with van der Waals surface area (Å²) in [5.74, 6) is 2.60. The third-order valence-corrected chi connectivity index (χ3v) is 6.25. The van der Waals surface area contributed by atoms with Crippen LogP contribution in [0.2, 0.25) is 0 Å². The van der Waals surface area contributed by atoms with Gasteiger partial charge in [0.05, 0.1) is 12.0 Å². The SMILES string of the molecule is CC(NC12CC3CC(CC(C3)C1C#N)C2)c1ccccc1. The van der Waals surface area contributed by atoms with Crippen molar-refractivity contribution in [3.8, 4) is 6.07 Å². The lowest BCUT2D eigenvalue weighted by molar-refractivity contribution is -0.0566. The first-order valence-corrected chi connectivity index (χ1v) is 8.42. The second kappa shape index (κ2) is 4.85. The van der Waals surface area contributed by atoms with Crippen LogP contribution in [-0.4, -0.2) is 5.54 Å². The highest BCUT2D eigenvalue weighted by molar-refractivity contribution is 5.22. The molecule has 4 fully saturated rings. The average molecular weight is 280 g/mol. The molecule has 0 heterocycles. The quantitative estimate of drug-likeness (QED) is 0.906. The number of hydrogen-bond donors (Lipinski definition) is 1. The fourth-order valence-corrected chi connectivity index (χ4v) is 5.73. The minimum Gasteiger partial charge on any atom is -0.303 e. The standard InChI is InChI=1S/C19H24N2/c1-13(16-5-3-2-4-6-16)21-19-10-14-7-15(11-19)9-17(8-14)18(19)12-20/h2-6,13-15,17-18,21H,7-11H2,1H3.